The fourth-order valence-corrected chi connectivity index (χ4v) is 4.16. The van der Waals surface area contributed by atoms with E-state index in [9.17, 15) is 4.79 Å². The van der Waals surface area contributed by atoms with Crippen LogP contribution in [0.5, 0.6) is 5.75 Å². The van der Waals surface area contributed by atoms with Crippen molar-refractivity contribution in [2.24, 2.45) is 5.92 Å². The van der Waals surface area contributed by atoms with Gasteiger partial charge in [-0.15, -0.1) is 0 Å². The minimum absolute atomic E-state index is 0.0377. The van der Waals surface area contributed by atoms with Crippen molar-refractivity contribution >= 4 is 6.09 Å². The van der Waals surface area contributed by atoms with Crippen LogP contribution >= 0.6 is 0 Å². The molecule has 1 aromatic carbocycles. The molecule has 4 nitrogen and oxygen atoms in total. The summed E-state index contributed by atoms with van der Waals surface area (Å²) in [6.07, 6.45) is 2.18. The Kier molecular flexibility index (Phi) is 5.10. The van der Waals surface area contributed by atoms with Gasteiger partial charge in [-0.1, -0.05) is 32.9 Å². The molecule has 3 aliphatic heterocycles. The summed E-state index contributed by atoms with van der Waals surface area (Å²) in [4.78, 5) is 17.4. The third-order valence-corrected chi connectivity index (χ3v) is 5.65. The number of amides is 1. The minimum atomic E-state index is -0.209. The number of carbonyl (C=O) groups excluding carboxylic acids is 1. The zero-order chi connectivity index (χ0) is 18.2. The summed E-state index contributed by atoms with van der Waals surface area (Å²) in [6, 6.07) is 8.35. The molecule has 25 heavy (non-hydrogen) atoms. The Bertz CT molecular complexity index is 613. The Hall–Kier alpha value is -1.55. The first-order chi connectivity index (χ1) is 11.8. The number of benzene rings is 1. The van der Waals surface area contributed by atoms with Gasteiger partial charge in [-0.05, 0) is 68.8 Å². The number of ether oxygens (including phenoxy) is 1. The quantitative estimate of drug-likeness (QED) is 0.820. The second kappa shape index (κ2) is 6.99. The van der Waals surface area contributed by atoms with Crippen molar-refractivity contribution in [2.75, 3.05) is 19.6 Å². The van der Waals surface area contributed by atoms with Crippen LogP contribution in [0.2, 0.25) is 0 Å². The SMILES string of the molecule is CC(C)N(C(=O)Oc1cccc(C(C)(C)C)c1)C1CN2CCC1CC2. The maximum absolute atomic E-state index is 13.0. The van der Waals surface area contributed by atoms with Gasteiger partial charge in [0.05, 0.1) is 6.04 Å². The molecule has 1 atom stereocenters. The van der Waals surface area contributed by atoms with Gasteiger partial charge in [0, 0.05) is 12.6 Å². The first kappa shape index (κ1) is 18.2. The first-order valence-electron chi connectivity index (χ1n) is 9.59. The third-order valence-electron chi connectivity index (χ3n) is 5.65. The van der Waals surface area contributed by atoms with E-state index in [0.29, 0.717) is 11.7 Å². The van der Waals surface area contributed by atoms with Gasteiger partial charge in [-0.3, -0.25) is 0 Å². The van der Waals surface area contributed by atoms with Crippen LogP contribution in [0.3, 0.4) is 0 Å². The summed E-state index contributed by atoms with van der Waals surface area (Å²) in [7, 11) is 0. The van der Waals surface area contributed by atoms with Crippen LogP contribution in [0.25, 0.3) is 0 Å². The Morgan fingerprint density at radius 2 is 1.92 bits per heavy atom. The normalized spacial score (nSPS) is 25.9. The Morgan fingerprint density at radius 1 is 1.24 bits per heavy atom. The zero-order valence-corrected chi connectivity index (χ0v) is 16.3. The number of piperidine rings is 3. The van der Waals surface area contributed by atoms with Gasteiger partial charge in [0.15, 0.2) is 0 Å². The summed E-state index contributed by atoms with van der Waals surface area (Å²) in [6.45, 7) is 14.0. The van der Waals surface area contributed by atoms with Crippen LogP contribution in [0.15, 0.2) is 24.3 Å². The maximum atomic E-state index is 13.0. The molecule has 1 aromatic rings. The molecular formula is C21H32N2O2. The number of hydrogen-bond acceptors (Lipinski definition) is 3. The molecule has 4 heteroatoms. The monoisotopic (exact) mass is 344 g/mol. The first-order valence-corrected chi connectivity index (χ1v) is 9.59. The van der Waals surface area contributed by atoms with E-state index in [1.807, 2.05) is 23.1 Å². The summed E-state index contributed by atoms with van der Waals surface area (Å²) >= 11 is 0. The third kappa shape index (κ3) is 4.00. The molecular weight excluding hydrogens is 312 g/mol. The average molecular weight is 344 g/mol. The van der Waals surface area contributed by atoms with Crippen molar-refractivity contribution in [1.82, 2.24) is 9.80 Å². The van der Waals surface area contributed by atoms with E-state index >= 15 is 0 Å². The van der Waals surface area contributed by atoms with Crippen molar-refractivity contribution in [2.45, 2.75) is 65.0 Å². The molecule has 1 unspecified atom stereocenters. The van der Waals surface area contributed by atoms with Crippen molar-refractivity contribution < 1.29 is 9.53 Å². The average Bonchev–Trinajstić information content (AvgIpc) is 2.55. The molecule has 0 radical (unpaired) electrons. The van der Waals surface area contributed by atoms with Crippen LogP contribution in [0.1, 0.15) is 53.0 Å². The highest BCUT2D eigenvalue weighted by molar-refractivity contribution is 5.71. The molecule has 3 fully saturated rings. The van der Waals surface area contributed by atoms with E-state index in [-0.39, 0.29) is 23.6 Å². The Morgan fingerprint density at radius 3 is 2.44 bits per heavy atom. The second-order valence-corrected chi connectivity index (χ2v) is 8.85. The van der Waals surface area contributed by atoms with Crippen LogP contribution < -0.4 is 4.74 Å². The lowest BCUT2D eigenvalue weighted by Crippen LogP contribution is -2.60. The standard InChI is InChI=1S/C21H32N2O2/c1-15(2)23(19-14-22-11-9-16(19)10-12-22)20(24)25-18-8-6-7-17(13-18)21(3,4)5/h6-8,13,15-16,19H,9-12,14H2,1-5H3. The molecule has 0 aliphatic carbocycles. The molecule has 3 aliphatic rings. The number of hydrogen-bond donors (Lipinski definition) is 0. The molecule has 138 valence electrons. The van der Waals surface area contributed by atoms with E-state index in [2.05, 4.69) is 45.6 Å². The number of carbonyl (C=O) groups is 1. The molecule has 0 aromatic heterocycles. The van der Waals surface area contributed by atoms with Gasteiger partial charge < -0.3 is 14.5 Å². The van der Waals surface area contributed by atoms with Gasteiger partial charge in [0.2, 0.25) is 0 Å². The number of rotatable bonds is 3. The summed E-state index contributed by atoms with van der Waals surface area (Å²) in [5.41, 5.74) is 1.22. The fourth-order valence-electron chi connectivity index (χ4n) is 4.16. The minimum Gasteiger partial charge on any atom is -0.410 e. The van der Waals surface area contributed by atoms with Crippen molar-refractivity contribution in [3.05, 3.63) is 29.8 Å². The molecule has 0 N–H and O–H groups in total. The van der Waals surface area contributed by atoms with Crippen LogP contribution in [-0.2, 0) is 5.41 Å². The predicted molar refractivity (Wildman–Crippen MR) is 101 cm³/mol. The van der Waals surface area contributed by atoms with Gasteiger partial charge in [0.1, 0.15) is 5.75 Å². The van der Waals surface area contributed by atoms with Gasteiger partial charge >= 0.3 is 6.09 Å². The van der Waals surface area contributed by atoms with Crippen molar-refractivity contribution in [3.63, 3.8) is 0 Å². The molecule has 0 spiro atoms. The van der Waals surface area contributed by atoms with Crippen LogP contribution in [0, 0.1) is 5.92 Å². The zero-order valence-electron chi connectivity index (χ0n) is 16.3. The maximum Gasteiger partial charge on any atom is 0.415 e. The highest BCUT2D eigenvalue weighted by Crippen LogP contribution is 2.33. The predicted octanol–water partition coefficient (Wildman–Crippen LogP) is 4.29. The highest BCUT2D eigenvalue weighted by atomic mass is 16.6. The van der Waals surface area contributed by atoms with Crippen molar-refractivity contribution in [3.8, 4) is 5.75 Å². The largest absolute Gasteiger partial charge is 0.415 e. The van der Waals surface area contributed by atoms with Gasteiger partial charge in [-0.25, -0.2) is 4.79 Å². The Labute approximate surface area is 152 Å². The molecule has 3 saturated heterocycles. The lowest BCUT2D eigenvalue weighted by molar-refractivity contribution is 0.00132. The van der Waals surface area contributed by atoms with E-state index in [1.54, 1.807) is 0 Å². The van der Waals surface area contributed by atoms with Crippen LogP contribution in [0.4, 0.5) is 4.79 Å². The summed E-state index contributed by atoms with van der Waals surface area (Å²) in [5, 5.41) is 0. The van der Waals surface area contributed by atoms with E-state index in [4.69, 9.17) is 4.74 Å². The summed E-state index contributed by atoms with van der Waals surface area (Å²) in [5.74, 6) is 1.25. The fraction of sp³-hybridized carbons (Fsp3) is 0.667. The van der Waals surface area contributed by atoms with Gasteiger partial charge in [-0.2, -0.15) is 0 Å². The van der Waals surface area contributed by atoms with E-state index in [0.717, 1.165) is 6.54 Å². The van der Waals surface area contributed by atoms with Gasteiger partial charge in [0.25, 0.3) is 0 Å². The van der Waals surface area contributed by atoms with E-state index < -0.39 is 0 Å². The molecule has 3 heterocycles. The van der Waals surface area contributed by atoms with E-state index in [1.165, 1.54) is 31.5 Å². The lowest BCUT2D eigenvalue weighted by Gasteiger charge is -2.49. The molecule has 0 saturated carbocycles. The second-order valence-electron chi connectivity index (χ2n) is 8.85. The number of fused-ring (bicyclic) bond motifs is 3. The number of nitrogens with zero attached hydrogens (tertiary/aromatic N) is 2. The Balaban J connectivity index is 1.76. The smallest absolute Gasteiger partial charge is 0.410 e. The molecule has 2 bridgehead atoms. The summed E-state index contributed by atoms with van der Waals surface area (Å²) < 4.78 is 5.80. The highest BCUT2D eigenvalue weighted by Gasteiger charge is 2.41. The van der Waals surface area contributed by atoms with Crippen LogP contribution in [-0.4, -0.2) is 47.6 Å². The van der Waals surface area contributed by atoms with Crippen molar-refractivity contribution in [1.29, 1.82) is 0 Å². The molecule has 4 rings (SSSR count). The molecule has 1 amide bonds. The lowest BCUT2D eigenvalue weighted by atomic mass is 9.83. The topological polar surface area (TPSA) is 32.8 Å².